The number of carbonyl (C=O) groups excluding carboxylic acids is 1. The number of nitrogens with one attached hydrogen (secondary N) is 2. The number of aliphatic hydroxyl groups is 1. The summed E-state index contributed by atoms with van der Waals surface area (Å²) in [6.45, 7) is 5.94. The van der Waals surface area contributed by atoms with Crippen LogP contribution in [0, 0.1) is 11.8 Å². The minimum atomic E-state index is -0.419. The third-order valence-electron chi connectivity index (χ3n) is 2.94. The molecule has 1 fully saturated rings. The Morgan fingerprint density at radius 1 is 1.64 bits per heavy atom. The van der Waals surface area contributed by atoms with Crippen molar-refractivity contribution in [1.82, 2.24) is 10.6 Å². The van der Waals surface area contributed by atoms with Gasteiger partial charge in [0.05, 0.1) is 12.0 Å². The predicted octanol–water partition coefficient (Wildman–Crippen LogP) is -0.271. The molecule has 3 N–H and O–H groups in total. The van der Waals surface area contributed by atoms with Crippen molar-refractivity contribution in [2.75, 3.05) is 19.6 Å². The molecule has 4 heteroatoms. The fraction of sp³-hybridized carbons (Fsp3) is 0.900. The minimum absolute atomic E-state index is 0.0612. The van der Waals surface area contributed by atoms with Crippen molar-refractivity contribution < 1.29 is 9.90 Å². The van der Waals surface area contributed by atoms with E-state index in [2.05, 4.69) is 10.6 Å². The van der Waals surface area contributed by atoms with E-state index in [0.29, 0.717) is 6.54 Å². The molecule has 0 aliphatic carbocycles. The van der Waals surface area contributed by atoms with Gasteiger partial charge in [0, 0.05) is 19.6 Å². The van der Waals surface area contributed by atoms with Gasteiger partial charge in [0.25, 0.3) is 0 Å². The molecule has 2 atom stereocenters. The summed E-state index contributed by atoms with van der Waals surface area (Å²) in [6, 6.07) is 0. The molecule has 0 spiro atoms. The molecule has 1 aliphatic rings. The summed E-state index contributed by atoms with van der Waals surface area (Å²) >= 11 is 0. The van der Waals surface area contributed by atoms with Gasteiger partial charge in [-0.25, -0.2) is 0 Å². The second-order valence-corrected chi connectivity index (χ2v) is 4.05. The number of amides is 1. The first-order valence-corrected chi connectivity index (χ1v) is 5.31. The third kappa shape index (κ3) is 2.96. The summed E-state index contributed by atoms with van der Waals surface area (Å²) < 4.78 is 0. The standard InChI is InChI=1S/C10H20N2O2/c1-3-7(2)9(13)6-12-10(14)8-4-11-5-8/h7-9,11,13H,3-6H2,1-2H3,(H,12,14). The lowest BCUT2D eigenvalue weighted by Crippen LogP contribution is -2.52. The molecule has 1 amide bonds. The Bertz CT molecular complexity index is 193. The molecule has 14 heavy (non-hydrogen) atoms. The van der Waals surface area contributed by atoms with E-state index in [1.54, 1.807) is 0 Å². The van der Waals surface area contributed by atoms with E-state index < -0.39 is 6.10 Å². The molecule has 0 aromatic rings. The van der Waals surface area contributed by atoms with Crippen LogP contribution in [0.25, 0.3) is 0 Å². The number of hydrogen-bond acceptors (Lipinski definition) is 3. The van der Waals surface area contributed by atoms with E-state index in [1.807, 2.05) is 13.8 Å². The molecular weight excluding hydrogens is 180 g/mol. The van der Waals surface area contributed by atoms with Crippen LogP contribution in [0.2, 0.25) is 0 Å². The second kappa shape index (κ2) is 5.32. The number of rotatable bonds is 5. The van der Waals surface area contributed by atoms with Crippen molar-refractivity contribution in [2.45, 2.75) is 26.4 Å². The molecule has 2 unspecified atom stereocenters. The fourth-order valence-electron chi connectivity index (χ4n) is 1.30. The first kappa shape index (κ1) is 11.5. The van der Waals surface area contributed by atoms with Crippen LogP contribution >= 0.6 is 0 Å². The lowest BCUT2D eigenvalue weighted by atomic mass is 10.0. The van der Waals surface area contributed by atoms with Crippen LogP contribution in [0.4, 0.5) is 0 Å². The highest BCUT2D eigenvalue weighted by molar-refractivity contribution is 5.79. The molecular formula is C10H20N2O2. The highest BCUT2D eigenvalue weighted by atomic mass is 16.3. The van der Waals surface area contributed by atoms with Gasteiger partial charge in [-0.05, 0) is 5.92 Å². The highest BCUT2D eigenvalue weighted by Crippen LogP contribution is 2.07. The van der Waals surface area contributed by atoms with E-state index in [4.69, 9.17) is 0 Å². The van der Waals surface area contributed by atoms with Gasteiger partial charge < -0.3 is 15.7 Å². The summed E-state index contributed by atoms with van der Waals surface area (Å²) in [5.74, 6) is 0.417. The lowest BCUT2D eigenvalue weighted by molar-refractivity contribution is -0.127. The van der Waals surface area contributed by atoms with Gasteiger partial charge >= 0.3 is 0 Å². The van der Waals surface area contributed by atoms with Crippen molar-refractivity contribution in [2.24, 2.45) is 11.8 Å². The van der Waals surface area contributed by atoms with E-state index in [0.717, 1.165) is 19.5 Å². The fourth-order valence-corrected chi connectivity index (χ4v) is 1.30. The quantitative estimate of drug-likeness (QED) is 0.572. The molecule has 0 bridgehead atoms. The molecule has 0 aromatic carbocycles. The van der Waals surface area contributed by atoms with Crippen LogP contribution < -0.4 is 10.6 Å². The normalized spacial score (nSPS) is 21.1. The van der Waals surface area contributed by atoms with Crippen molar-refractivity contribution >= 4 is 5.91 Å². The Kier molecular flexibility index (Phi) is 4.35. The van der Waals surface area contributed by atoms with E-state index in [9.17, 15) is 9.90 Å². The number of aliphatic hydroxyl groups excluding tert-OH is 1. The molecule has 0 saturated carbocycles. The zero-order chi connectivity index (χ0) is 10.6. The van der Waals surface area contributed by atoms with Crippen molar-refractivity contribution in [3.63, 3.8) is 0 Å². The van der Waals surface area contributed by atoms with E-state index >= 15 is 0 Å². The lowest BCUT2D eigenvalue weighted by Gasteiger charge is -2.27. The van der Waals surface area contributed by atoms with Gasteiger partial charge in [0.2, 0.25) is 5.91 Å². The first-order chi connectivity index (χ1) is 6.65. The van der Waals surface area contributed by atoms with Crippen LogP contribution in [-0.2, 0) is 4.79 Å². The molecule has 82 valence electrons. The SMILES string of the molecule is CCC(C)C(O)CNC(=O)C1CNC1. The second-order valence-electron chi connectivity index (χ2n) is 4.05. The Balaban J connectivity index is 2.15. The summed E-state index contributed by atoms with van der Waals surface area (Å²) in [6.07, 6.45) is 0.513. The maximum Gasteiger partial charge on any atom is 0.225 e. The van der Waals surface area contributed by atoms with Gasteiger partial charge in [0.15, 0.2) is 0 Å². The zero-order valence-corrected chi connectivity index (χ0v) is 8.92. The Morgan fingerprint density at radius 2 is 2.29 bits per heavy atom. The smallest absolute Gasteiger partial charge is 0.225 e. The number of carbonyl (C=O) groups is 1. The van der Waals surface area contributed by atoms with Crippen LogP contribution in [0.5, 0.6) is 0 Å². The minimum Gasteiger partial charge on any atom is -0.391 e. The van der Waals surface area contributed by atoms with E-state index in [-0.39, 0.29) is 17.7 Å². The molecule has 1 aliphatic heterocycles. The van der Waals surface area contributed by atoms with Gasteiger partial charge in [-0.2, -0.15) is 0 Å². The molecule has 1 saturated heterocycles. The van der Waals surface area contributed by atoms with Crippen LogP contribution in [0.1, 0.15) is 20.3 Å². The van der Waals surface area contributed by atoms with Crippen LogP contribution in [-0.4, -0.2) is 36.8 Å². The van der Waals surface area contributed by atoms with Gasteiger partial charge in [-0.15, -0.1) is 0 Å². The maximum absolute atomic E-state index is 11.4. The third-order valence-corrected chi connectivity index (χ3v) is 2.94. The average Bonchev–Trinajstić information content (AvgIpc) is 2.10. The molecule has 4 nitrogen and oxygen atoms in total. The monoisotopic (exact) mass is 200 g/mol. The van der Waals surface area contributed by atoms with Crippen molar-refractivity contribution in [3.8, 4) is 0 Å². The summed E-state index contributed by atoms with van der Waals surface area (Å²) in [7, 11) is 0. The Hall–Kier alpha value is -0.610. The summed E-state index contributed by atoms with van der Waals surface area (Å²) in [5, 5.41) is 15.4. The predicted molar refractivity (Wildman–Crippen MR) is 54.8 cm³/mol. The van der Waals surface area contributed by atoms with Gasteiger partial charge in [0.1, 0.15) is 0 Å². The molecule has 0 radical (unpaired) electrons. The Morgan fingerprint density at radius 3 is 2.71 bits per heavy atom. The van der Waals surface area contributed by atoms with Crippen LogP contribution in [0.3, 0.4) is 0 Å². The number of hydrogen-bond donors (Lipinski definition) is 3. The highest BCUT2D eigenvalue weighted by Gasteiger charge is 2.25. The first-order valence-electron chi connectivity index (χ1n) is 5.31. The summed E-state index contributed by atoms with van der Waals surface area (Å²) in [4.78, 5) is 11.4. The van der Waals surface area contributed by atoms with E-state index in [1.165, 1.54) is 0 Å². The van der Waals surface area contributed by atoms with Crippen LogP contribution in [0.15, 0.2) is 0 Å². The Labute approximate surface area is 85.1 Å². The average molecular weight is 200 g/mol. The molecule has 1 heterocycles. The van der Waals surface area contributed by atoms with Gasteiger partial charge in [-0.3, -0.25) is 4.79 Å². The molecule has 1 rings (SSSR count). The largest absolute Gasteiger partial charge is 0.391 e. The summed E-state index contributed by atoms with van der Waals surface area (Å²) in [5.41, 5.74) is 0. The zero-order valence-electron chi connectivity index (χ0n) is 8.92. The van der Waals surface area contributed by atoms with Crippen molar-refractivity contribution in [3.05, 3.63) is 0 Å². The topological polar surface area (TPSA) is 61.4 Å². The van der Waals surface area contributed by atoms with Crippen molar-refractivity contribution in [1.29, 1.82) is 0 Å². The van der Waals surface area contributed by atoms with Gasteiger partial charge in [-0.1, -0.05) is 20.3 Å². The maximum atomic E-state index is 11.4. The molecule has 0 aromatic heterocycles.